The largest absolute Gasteiger partial charge is 0.341 e. The summed E-state index contributed by atoms with van der Waals surface area (Å²) < 4.78 is 0. The fraction of sp³-hybridized carbons (Fsp3) is 0.120. The van der Waals surface area contributed by atoms with Crippen LogP contribution in [0.15, 0.2) is 158 Å². The summed E-state index contributed by atoms with van der Waals surface area (Å²) in [5.74, 6) is 0. The van der Waals surface area contributed by atoms with E-state index in [1.165, 1.54) is 77.3 Å². The van der Waals surface area contributed by atoms with Crippen molar-refractivity contribution >= 4 is 65.8 Å². The standard InChI is InChI=1S/C50H38N4/c1-5-17-39-33(11-1)25-27-51-49(39)47-41-23-21-38(54-30-10-16-36-14-4-8-20-46(36)54)32-44(41)48(50-40-18-6-2-12-34(40)26-28-52-50)42-24-22-37(31-43(42)47)53-29-9-15-35-13-3-7-19-45(35)53/h1-8,11-14,17-28,31-32H,9-10,15-16,29-30H2. The third kappa shape index (κ3) is 4.90. The molecular weight excluding hydrogens is 657 g/mol. The normalized spacial score (nSPS) is 14.1. The second-order valence-electron chi connectivity index (χ2n) is 14.7. The summed E-state index contributed by atoms with van der Waals surface area (Å²) in [6, 6.07) is 53.6. The van der Waals surface area contributed by atoms with Crippen molar-refractivity contribution in [1.82, 2.24) is 9.97 Å². The highest BCUT2D eigenvalue weighted by Crippen LogP contribution is 2.49. The molecule has 9 aromatic rings. The summed E-state index contributed by atoms with van der Waals surface area (Å²) in [6.45, 7) is 1.96. The summed E-state index contributed by atoms with van der Waals surface area (Å²) in [5, 5.41) is 9.42. The van der Waals surface area contributed by atoms with Gasteiger partial charge < -0.3 is 9.80 Å². The number of hydrogen-bond donors (Lipinski definition) is 0. The van der Waals surface area contributed by atoms with Crippen molar-refractivity contribution in [3.8, 4) is 22.5 Å². The van der Waals surface area contributed by atoms with Gasteiger partial charge in [-0.2, -0.15) is 0 Å². The predicted molar refractivity (Wildman–Crippen MR) is 226 cm³/mol. The highest BCUT2D eigenvalue weighted by molar-refractivity contribution is 6.25. The number of hydrogen-bond acceptors (Lipinski definition) is 4. The number of para-hydroxylation sites is 2. The molecule has 0 saturated heterocycles. The quantitative estimate of drug-likeness (QED) is 0.172. The molecular formula is C50H38N4. The molecule has 0 saturated carbocycles. The minimum absolute atomic E-state index is 0.982. The van der Waals surface area contributed by atoms with Gasteiger partial charge in [-0.3, -0.25) is 9.97 Å². The summed E-state index contributed by atoms with van der Waals surface area (Å²) in [7, 11) is 0. The average molecular weight is 695 g/mol. The maximum absolute atomic E-state index is 5.21. The molecule has 54 heavy (non-hydrogen) atoms. The van der Waals surface area contributed by atoms with Gasteiger partial charge in [0.2, 0.25) is 0 Å². The molecule has 7 aromatic carbocycles. The van der Waals surface area contributed by atoms with E-state index in [2.05, 4.69) is 155 Å². The van der Waals surface area contributed by atoms with Crippen molar-refractivity contribution in [2.45, 2.75) is 25.7 Å². The monoisotopic (exact) mass is 694 g/mol. The maximum Gasteiger partial charge on any atom is 0.0792 e. The van der Waals surface area contributed by atoms with Gasteiger partial charge in [-0.1, -0.05) is 97.1 Å². The Hall–Kier alpha value is -6.52. The smallest absolute Gasteiger partial charge is 0.0792 e. The second-order valence-corrected chi connectivity index (χ2v) is 14.7. The van der Waals surface area contributed by atoms with Crippen molar-refractivity contribution in [3.63, 3.8) is 0 Å². The van der Waals surface area contributed by atoms with Crippen LogP contribution in [-0.2, 0) is 12.8 Å². The molecule has 0 aliphatic carbocycles. The lowest BCUT2D eigenvalue weighted by Crippen LogP contribution is -2.24. The molecule has 0 amide bonds. The highest BCUT2D eigenvalue weighted by Gasteiger charge is 2.25. The molecule has 0 atom stereocenters. The van der Waals surface area contributed by atoms with E-state index in [4.69, 9.17) is 9.97 Å². The van der Waals surface area contributed by atoms with Crippen molar-refractivity contribution in [2.24, 2.45) is 0 Å². The zero-order valence-corrected chi connectivity index (χ0v) is 30.0. The first-order valence-electron chi connectivity index (χ1n) is 19.2. The lowest BCUT2D eigenvalue weighted by Gasteiger charge is -2.32. The maximum atomic E-state index is 5.21. The first-order chi connectivity index (χ1) is 26.8. The topological polar surface area (TPSA) is 32.3 Å². The molecule has 2 aliphatic rings. The Morgan fingerprint density at radius 2 is 0.833 bits per heavy atom. The number of pyridine rings is 2. The molecule has 2 aromatic heterocycles. The molecule has 0 fully saturated rings. The number of anilines is 4. The van der Waals surface area contributed by atoms with Crippen LogP contribution >= 0.6 is 0 Å². The Morgan fingerprint density at radius 1 is 0.389 bits per heavy atom. The summed E-state index contributed by atoms with van der Waals surface area (Å²) >= 11 is 0. The van der Waals surface area contributed by atoms with Gasteiger partial charge in [0.15, 0.2) is 0 Å². The summed E-state index contributed by atoms with van der Waals surface area (Å²) in [4.78, 5) is 15.4. The zero-order chi connectivity index (χ0) is 35.6. The van der Waals surface area contributed by atoms with Gasteiger partial charge in [-0.05, 0) is 118 Å². The fourth-order valence-electron chi connectivity index (χ4n) is 9.29. The molecule has 4 nitrogen and oxygen atoms in total. The van der Waals surface area contributed by atoms with E-state index >= 15 is 0 Å². The van der Waals surface area contributed by atoms with Crippen LogP contribution < -0.4 is 9.80 Å². The molecule has 11 rings (SSSR count). The van der Waals surface area contributed by atoms with Crippen LogP contribution in [0.25, 0.3) is 65.6 Å². The Kier molecular flexibility index (Phi) is 7.22. The van der Waals surface area contributed by atoms with E-state index in [9.17, 15) is 0 Å². The number of nitrogens with zero attached hydrogens (tertiary/aromatic N) is 4. The van der Waals surface area contributed by atoms with Gasteiger partial charge in [0.05, 0.1) is 11.4 Å². The van der Waals surface area contributed by atoms with Crippen LogP contribution in [-0.4, -0.2) is 23.1 Å². The minimum atomic E-state index is 0.982. The van der Waals surface area contributed by atoms with Crippen LogP contribution in [0.3, 0.4) is 0 Å². The highest BCUT2D eigenvalue weighted by atomic mass is 15.1. The Bertz CT molecular complexity index is 2720. The number of rotatable bonds is 4. The molecule has 0 unspecified atom stereocenters. The van der Waals surface area contributed by atoms with E-state index in [-0.39, 0.29) is 0 Å². The lowest BCUT2D eigenvalue weighted by atomic mass is 9.86. The molecule has 4 heteroatoms. The third-order valence-electron chi connectivity index (χ3n) is 11.7. The van der Waals surface area contributed by atoms with Crippen LogP contribution in [0.4, 0.5) is 22.7 Å². The summed E-state index contributed by atoms with van der Waals surface area (Å²) in [5.41, 5.74) is 12.2. The van der Waals surface area contributed by atoms with Gasteiger partial charge >= 0.3 is 0 Å². The molecule has 0 N–H and O–H groups in total. The predicted octanol–water partition coefficient (Wildman–Crippen LogP) is 12.6. The van der Waals surface area contributed by atoms with E-state index in [0.29, 0.717) is 0 Å². The summed E-state index contributed by atoms with van der Waals surface area (Å²) in [6.07, 6.45) is 8.41. The number of aromatic nitrogens is 2. The molecule has 0 radical (unpaired) electrons. The lowest BCUT2D eigenvalue weighted by molar-refractivity contribution is 0.767. The van der Waals surface area contributed by atoms with Gasteiger partial charge in [0, 0.05) is 70.1 Å². The van der Waals surface area contributed by atoms with Crippen molar-refractivity contribution in [1.29, 1.82) is 0 Å². The van der Waals surface area contributed by atoms with Crippen LogP contribution in [0, 0.1) is 0 Å². The van der Waals surface area contributed by atoms with E-state index < -0.39 is 0 Å². The van der Waals surface area contributed by atoms with Crippen molar-refractivity contribution in [3.05, 3.63) is 169 Å². The number of benzene rings is 7. The fourth-order valence-corrected chi connectivity index (χ4v) is 9.29. The van der Waals surface area contributed by atoms with Gasteiger partial charge in [0.1, 0.15) is 0 Å². The van der Waals surface area contributed by atoms with E-state index in [1.807, 2.05) is 12.4 Å². The van der Waals surface area contributed by atoms with Crippen LogP contribution in [0.1, 0.15) is 24.0 Å². The van der Waals surface area contributed by atoms with E-state index in [1.54, 1.807) is 0 Å². The zero-order valence-electron chi connectivity index (χ0n) is 30.0. The molecule has 258 valence electrons. The number of aryl methyl sites for hydroxylation is 2. The molecule has 0 bridgehead atoms. The third-order valence-corrected chi connectivity index (χ3v) is 11.7. The SMILES string of the molecule is c1ccc2c(c1)CCCN2c1ccc2c(-c3nccc4ccccc34)c3cc(N4CCCc5ccccc54)ccc3c(-c3nccc4ccccc34)c2c1. The van der Waals surface area contributed by atoms with Gasteiger partial charge in [-0.15, -0.1) is 0 Å². The number of fused-ring (bicyclic) bond motifs is 6. The first-order valence-corrected chi connectivity index (χ1v) is 19.2. The van der Waals surface area contributed by atoms with Crippen molar-refractivity contribution < 1.29 is 0 Å². The molecule has 2 aliphatic heterocycles. The van der Waals surface area contributed by atoms with Gasteiger partial charge in [0.25, 0.3) is 0 Å². The molecule has 0 spiro atoms. The Morgan fingerprint density at radius 3 is 1.33 bits per heavy atom. The molecule has 4 heterocycles. The Balaban J connectivity index is 1.28. The minimum Gasteiger partial charge on any atom is -0.341 e. The van der Waals surface area contributed by atoms with Crippen LogP contribution in [0.5, 0.6) is 0 Å². The Labute approximate surface area is 315 Å². The average Bonchev–Trinajstić information content (AvgIpc) is 3.24. The van der Waals surface area contributed by atoms with Gasteiger partial charge in [-0.25, -0.2) is 0 Å². The van der Waals surface area contributed by atoms with Crippen LogP contribution in [0.2, 0.25) is 0 Å². The van der Waals surface area contributed by atoms with E-state index in [0.717, 1.165) is 60.9 Å². The van der Waals surface area contributed by atoms with Crippen molar-refractivity contribution in [2.75, 3.05) is 22.9 Å². The first kappa shape index (κ1) is 31.0. The second kappa shape index (κ2) is 12.6.